The maximum Gasteiger partial charge on any atom is 0.188 e. The van der Waals surface area contributed by atoms with Crippen LogP contribution in [0.3, 0.4) is 0 Å². The third-order valence-electron chi connectivity index (χ3n) is 10.5. The average molecular weight is 674 g/mol. The Morgan fingerprint density at radius 3 is 1.64 bits per heavy atom. The number of benzene rings is 9. The van der Waals surface area contributed by atoms with Gasteiger partial charge >= 0.3 is 0 Å². The van der Waals surface area contributed by atoms with E-state index in [4.69, 9.17) is 11.0 Å². The van der Waals surface area contributed by atoms with Crippen LogP contribution in [0.15, 0.2) is 192 Å². The van der Waals surface area contributed by atoms with Crippen molar-refractivity contribution < 1.29 is 4.42 Å². The van der Waals surface area contributed by atoms with E-state index in [2.05, 4.69) is 169 Å². The van der Waals surface area contributed by atoms with E-state index in [1.54, 1.807) is 0 Å². The van der Waals surface area contributed by atoms with Crippen LogP contribution in [-0.2, 0) is 0 Å². The third-order valence-corrected chi connectivity index (χ3v) is 10.5. The molecule has 246 valence electrons. The second-order valence-electron chi connectivity index (χ2n) is 13.6. The van der Waals surface area contributed by atoms with Gasteiger partial charge in [-0.2, -0.15) is 0 Å². The largest absolute Gasteiger partial charge is 0.455 e. The second kappa shape index (κ2) is 12.5. The first kappa shape index (κ1) is 30.6. The fraction of sp³-hybridized carbons (Fsp3) is 0. The molecule has 0 atom stereocenters. The van der Waals surface area contributed by atoms with E-state index in [0.717, 1.165) is 72.0 Å². The number of nitrogens with zero attached hydrogens (tertiary/aromatic N) is 1. The first-order valence-electron chi connectivity index (χ1n) is 17.9. The van der Waals surface area contributed by atoms with E-state index in [1.165, 1.54) is 27.1 Å². The van der Waals surface area contributed by atoms with Crippen molar-refractivity contribution in [1.82, 2.24) is 0 Å². The van der Waals surface area contributed by atoms with Crippen molar-refractivity contribution in [2.45, 2.75) is 0 Å². The van der Waals surface area contributed by atoms with Crippen LogP contribution >= 0.6 is 0 Å². The Labute approximate surface area is 307 Å². The summed E-state index contributed by atoms with van der Waals surface area (Å²) in [5.41, 5.74) is 13.4. The summed E-state index contributed by atoms with van der Waals surface area (Å²) in [5, 5.41) is 7.23. The van der Waals surface area contributed by atoms with E-state index >= 15 is 0 Å². The lowest BCUT2D eigenvalue weighted by atomic mass is 9.91. The molecule has 2 nitrogen and oxygen atoms in total. The monoisotopic (exact) mass is 673 g/mol. The van der Waals surface area contributed by atoms with Crippen LogP contribution in [0, 0.1) is 6.57 Å². The quantitative estimate of drug-likeness (QED) is 0.131. The molecule has 0 amide bonds. The molecule has 0 unspecified atom stereocenters. The Balaban J connectivity index is 1.00. The molecule has 0 saturated carbocycles. The normalized spacial score (nSPS) is 11.4. The lowest BCUT2D eigenvalue weighted by Crippen LogP contribution is -1.87. The summed E-state index contributed by atoms with van der Waals surface area (Å²) in [6, 6.07) is 66.3. The van der Waals surface area contributed by atoms with E-state index < -0.39 is 0 Å². The van der Waals surface area contributed by atoms with Gasteiger partial charge in [-0.05, 0) is 114 Å². The molecule has 0 saturated heterocycles. The minimum atomic E-state index is 0.619. The molecule has 2 heteroatoms. The van der Waals surface area contributed by atoms with Gasteiger partial charge < -0.3 is 4.42 Å². The van der Waals surface area contributed by atoms with Crippen LogP contribution < -0.4 is 0 Å². The van der Waals surface area contributed by atoms with Crippen molar-refractivity contribution in [3.8, 4) is 55.6 Å². The highest BCUT2D eigenvalue weighted by molar-refractivity contribution is 6.14. The molecule has 0 bridgehead atoms. The van der Waals surface area contributed by atoms with Crippen molar-refractivity contribution >= 4 is 49.2 Å². The van der Waals surface area contributed by atoms with Gasteiger partial charge in [0.15, 0.2) is 5.69 Å². The number of furan rings is 1. The van der Waals surface area contributed by atoms with Gasteiger partial charge in [0.05, 0.1) is 6.57 Å². The first-order valence-corrected chi connectivity index (χ1v) is 17.9. The van der Waals surface area contributed by atoms with Crippen molar-refractivity contribution in [2.24, 2.45) is 0 Å². The van der Waals surface area contributed by atoms with Crippen LogP contribution in [0.25, 0.3) is 104 Å². The summed E-state index contributed by atoms with van der Waals surface area (Å²) in [4.78, 5) is 3.90. The van der Waals surface area contributed by atoms with Gasteiger partial charge in [-0.3, -0.25) is 0 Å². The second-order valence-corrected chi connectivity index (χ2v) is 13.6. The Morgan fingerprint density at radius 1 is 0.340 bits per heavy atom. The molecule has 0 aliphatic rings. The number of fused-ring (bicyclic) bond motifs is 6. The molecule has 9 aromatic carbocycles. The predicted octanol–water partition coefficient (Wildman–Crippen LogP) is 14.8. The van der Waals surface area contributed by atoms with Crippen LogP contribution in [0.4, 0.5) is 5.69 Å². The fourth-order valence-electron chi connectivity index (χ4n) is 7.86. The molecule has 0 aliphatic carbocycles. The van der Waals surface area contributed by atoms with E-state index in [-0.39, 0.29) is 0 Å². The molecule has 0 aliphatic heterocycles. The number of hydrogen-bond donors (Lipinski definition) is 0. The van der Waals surface area contributed by atoms with E-state index in [0.29, 0.717) is 5.69 Å². The summed E-state index contributed by atoms with van der Waals surface area (Å²) in [6.07, 6.45) is 0. The van der Waals surface area contributed by atoms with Crippen LogP contribution in [0.5, 0.6) is 0 Å². The lowest BCUT2D eigenvalue weighted by molar-refractivity contribution is 0.670. The molecule has 0 spiro atoms. The highest BCUT2D eigenvalue weighted by Crippen LogP contribution is 2.40. The van der Waals surface area contributed by atoms with Gasteiger partial charge in [-0.25, -0.2) is 4.85 Å². The van der Waals surface area contributed by atoms with Crippen LogP contribution in [0.1, 0.15) is 0 Å². The first-order chi connectivity index (χ1) is 26.2. The maximum atomic E-state index is 7.97. The van der Waals surface area contributed by atoms with Crippen molar-refractivity contribution in [3.05, 3.63) is 199 Å². The Morgan fingerprint density at radius 2 is 0.887 bits per heavy atom. The molecule has 1 heterocycles. The van der Waals surface area contributed by atoms with Crippen LogP contribution in [-0.4, -0.2) is 0 Å². The topological polar surface area (TPSA) is 17.5 Å². The molecular formula is C51H31NO. The van der Waals surface area contributed by atoms with Gasteiger partial charge in [0.1, 0.15) is 11.2 Å². The smallest absolute Gasteiger partial charge is 0.188 e. The molecule has 10 aromatic rings. The number of para-hydroxylation sites is 2. The highest BCUT2D eigenvalue weighted by Gasteiger charge is 2.14. The minimum absolute atomic E-state index is 0.619. The third kappa shape index (κ3) is 5.35. The van der Waals surface area contributed by atoms with Gasteiger partial charge in [0.25, 0.3) is 0 Å². The van der Waals surface area contributed by atoms with Crippen molar-refractivity contribution in [2.75, 3.05) is 0 Å². The zero-order valence-corrected chi connectivity index (χ0v) is 28.8. The highest BCUT2D eigenvalue weighted by atomic mass is 16.3. The maximum absolute atomic E-state index is 7.97. The number of hydrogen-bond acceptors (Lipinski definition) is 1. The Kier molecular flexibility index (Phi) is 7.23. The molecule has 10 rings (SSSR count). The Bertz CT molecular complexity index is 3070. The Hall–Kier alpha value is -7.21. The van der Waals surface area contributed by atoms with Crippen LogP contribution in [0.2, 0.25) is 0 Å². The SMILES string of the molecule is [C-]#[N+]c1cc(-c2cccc(-c3ccc(-c4cccc5c4oc4ccccc45)cc3)c2)cc(-c2cccc(-c3cc4ccccc4c4ccccc34)c2)c1. The average Bonchev–Trinajstić information content (AvgIpc) is 3.62. The van der Waals surface area contributed by atoms with Crippen molar-refractivity contribution in [1.29, 1.82) is 0 Å². The molecule has 0 N–H and O–H groups in total. The molecular weight excluding hydrogens is 643 g/mol. The van der Waals surface area contributed by atoms with E-state index in [1.807, 2.05) is 24.3 Å². The predicted molar refractivity (Wildman–Crippen MR) is 222 cm³/mol. The molecule has 0 fully saturated rings. The van der Waals surface area contributed by atoms with Crippen molar-refractivity contribution in [3.63, 3.8) is 0 Å². The molecule has 1 aromatic heterocycles. The minimum Gasteiger partial charge on any atom is -0.455 e. The summed E-state index contributed by atoms with van der Waals surface area (Å²) < 4.78 is 6.32. The zero-order valence-electron chi connectivity index (χ0n) is 28.8. The van der Waals surface area contributed by atoms with E-state index in [9.17, 15) is 0 Å². The molecule has 53 heavy (non-hydrogen) atoms. The summed E-state index contributed by atoms with van der Waals surface area (Å²) in [6.45, 7) is 7.97. The lowest BCUT2D eigenvalue weighted by Gasteiger charge is -2.13. The standard InChI is InChI=1S/C51H31NO/c1-52-42-30-40(29-41(31-42)37-14-9-15-38(28-37)49-32-39-11-2-3-16-43(39)45-17-4-5-18-46(45)49)36-13-8-12-35(27-36)33-23-25-34(26-24-33)44-20-10-21-48-47-19-6-7-22-50(47)53-51(44)48/h2-32H. The van der Waals surface area contributed by atoms with Gasteiger partial charge in [-0.1, -0.05) is 146 Å². The van der Waals surface area contributed by atoms with Gasteiger partial charge in [-0.15, -0.1) is 0 Å². The van der Waals surface area contributed by atoms with Gasteiger partial charge in [0.2, 0.25) is 0 Å². The summed E-state index contributed by atoms with van der Waals surface area (Å²) in [5.74, 6) is 0. The zero-order chi connectivity index (χ0) is 35.3. The molecule has 0 radical (unpaired) electrons. The summed E-state index contributed by atoms with van der Waals surface area (Å²) >= 11 is 0. The summed E-state index contributed by atoms with van der Waals surface area (Å²) in [7, 11) is 0. The van der Waals surface area contributed by atoms with Gasteiger partial charge in [0, 0.05) is 16.3 Å². The number of rotatable bonds is 5. The fourth-order valence-corrected chi connectivity index (χ4v) is 7.86.